The monoisotopic (exact) mass is 431 g/mol. The van der Waals surface area contributed by atoms with Crippen molar-refractivity contribution >= 4 is 17.3 Å². The van der Waals surface area contributed by atoms with Gasteiger partial charge in [0, 0.05) is 16.5 Å². The lowest BCUT2D eigenvalue weighted by molar-refractivity contribution is 0.306. The van der Waals surface area contributed by atoms with Crippen LogP contribution in [-0.2, 0) is 6.61 Å². The molecule has 1 aliphatic carbocycles. The zero-order valence-electron chi connectivity index (χ0n) is 17.8. The number of ether oxygens (including phenoxy) is 2. The first kappa shape index (κ1) is 20.0. The number of halogens is 1. The zero-order chi connectivity index (χ0) is 21.4. The smallest absolute Gasteiger partial charge is 0.142 e. The number of rotatable bonds is 5. The summed E-state index contributed by atoms with van der Waals surface area (Å²) in [4.78, 5) is 0. The van der Waals surface area contributed by atoms with Gasteiger partial charge in [-0.25, -0.2) is 0 Å². The van der Waals surface area contributed by atoms with E-state index in [1.807, 2.05) is 12.1 Å². The van der Waals surface area contributed by atoms with E-state index >= 15 is 0 Å². The molecule has 0 saturated heterocycles. The SMILES string of the molecule is COc1ccc(Cl)c2c1N[C@@H](c1ccc(OCc3ccc(C)cc3)cc1)[C@H]1CC=C[C@@H]21. The third kappa shape index (κ3) is 3.79. The molecule has 31 heavy (non-hydrogen) atoms. The third-order valence-electron chi connectivity index (χ3n) is 6.41. The Balaban J connectivity index is 1.38. The van der Waals surface area contributed by atoms with Crippen molar-refractivity contribution in [1.82, 2.24) is 0 Å². The molecular weight excluding hydrogens is 406 g/mol. The van der Waals surface area contributed by atoms with E-state index in [1.165, 1.54) is 16.7 Å². The van der Waals surface area contributed by atoms with Crippen molar-refractivity contribution in [2.45, 2.75) is 31.9 Å². The standard InChI is InChI=1S/C27H26ClNO2/c1-17-6-8-18(9-7-17)16-31-20-12-10-19(11-13-20)26-22-5-3-4-21(22)25-23(28)14-15-24(30-2)27(25)29-26/h3-4,6-15,21-22,26,29H,5,16H2,1-2H3/t21-,22+,26+/m1/s1. The fourth-order valence-corrected chi connectivity index (χ4v) is 5.04. The van der Waals surface area contributed by atoms with E-state index in [0.29, 0.717) is 18.4 Å². The van der Waals surface area contributed by atoms with Crippen LogP contribution in [0.1, 0.15) is 40.6 Å². The van der Waals surface area contributed by atoms with Crippen LogP contribution in [0.2, 0.25) is 5.02 Å². The van der Waals surface area contributed by atoms with Gasteiger partial charge in [-0.3, -0.25) is 0 Å². The van der Waals surface area contributed by atoms with Gasteiger partial charge < -0.3 is 14.8 Å². The average molecular weight is 432 g/mol. The number of hydrogen-bond acceptors (Lipinski definition) is 3. The van der Waals surface area contributed by atoms with Gasteiger partial charge in [-0.05, 0) is 54.7 Å². The van der Waals surface area contributed by atoms with Crippen molar-refractivity contribution in [2.75, 3.05) is 12.4 Å². The zero-order valence-corrected chi connectivity index (χ0v) is 18.5. The van der Waals surface area contributed by atoms with Crippen molar-refractivity contribution in [1.29, 1.82) is 0 Å². The molecule has 0 aromatic heterocycles. The highest BCUT2D eigenvalue weighted by atomic mass is 35.5. The molecule has 3 aromatic carbocycles. The maximum atomic E-state index is 6.60. The maximum Gasteiger partial charge on any atom is 0.142 e. The topological polar surface area (TPSA) is 30.5 Å². The Morgan fingerprint density at radius 3 is 2.52 bits per heavy atom. The summed E-state index contributed by atoms with van der Waals surface area (Å²) < 4.78 is 11.6. The van der Waals surface area contributed by atoms with Gasteiger partial charge in [-0.15, -0.1) is 0 Å². The van der Waals surface area contributed by atoms with Crippen molar-refractivity contribution in [3.63, 3.8) is 0 Å². The molecule has 0 bridgehead atoms. The lowest BCUT2D eigenvalue weighted by atomic mass is 9.77. The first-order valence-electron chi connectivity index (χ1n) is 10.7. The van der Waals surface area contributed by atoms with Crippen LogP contribution in [0.5, 0.6) is 11.5 Å². The van der Waals surface area contributed by atoms with Crippen molar-refractivity contribution in [3.8, 4) is 11.5 Å². The second kappa shape index (κ2) is 8.32. The quantitative estimate of drug-likeness (QED) is 0.438. The molecule has 0 unspecified atom stereocenters. The van der Waals surface area contributed by atoms with Gasteiger partial charge in [0.25, 0.3) is 0 Å². The molecule has 4 heteroatoms. The van der Waals surface area contributed by atoms with E-state index in [1.54, 1.807) is 7.11 Å². The number of hydrogen-bond donors (Lipinski definition) is 1. The molecule has 5 rings (SSSR count). The van der Waals surface area contributed by atoms with Gasteiger partial charge >= 0.3 is 0 Å². The third-order valence-corrected chi connectivity index (χ3v) is 6.74. The fourth-order valence-electron chi connectivity index (χ4n) is 4.76. The largest absolute Gasteiger partial charge is 0.495 e. The van der Waals surface area contributed by atoms with Crippen molar-refractivity contribution in [3.05, 3.63) is 100 Å². The molecule has 158 valence electrons. The van der Waals surface area contributed by atoms with Crippen LogP contribution in [0.15, 0.2) is 72.8 Å². The normalized spacial score (nSPS) is 21.2. The van der Waals surface area contributed by atoms with Crippen LogP contribution >= 0.6 is 11.6 Å². The van der Waals surface area contributed by atoms with Crippen LogP contribution in [0.25, 0.3) is 0 Å². The molecular formula is C27H26ClNO2. The van der Waals surface area contributed by atoms with Crippen molar-refractivity contribution < 1.29 is 9.47 Å². The minimum atomic E-state index is 0.186. The first-order valence-corrected chi connectivity index (χ1v) is 11.1. The summed E-state index contributed by atoms with van der Waals surface area (Å²) in [5.74, 6) is 2.43. The van der Waals surface area contributed by atoms with Gasteiger partial charge in [0.05, 0.1) is 18.8 Å². The summed E-state index contributed by atoms with van der Waals surface area (Å²) in [7, 11) is 1.71. The summed E-state index contributed by atoms with van der Waals surface area (Å²) in [6.45, 7) is 2.66. The summed E-state index contributed by atoms with van der Waals surface area (Å²) in [5, 5.41) is 4.53. The predicted octanol–water partition coefficient (Wildman–Crippen LogP) is 7.06. The number of anilines is 1. The first-order chi connectivity index (χ1) is 15.1. The number of aryl methyl sites for hydroxylation is 1. The van der Waals surface area contributed by atoms with Crippen LogP contribution in [0.3, 0.4) is 0 Å². The highest BCUT2D eigenvalue weighted by molar-refractivity contribution is 6.32. The highest BCUT2D eigenvalue weighted by Crippen LogP contribution is 2.54. The number of benzene rings is 3. The van der Waals surface area contributed by atoms with Crippen LogP contribution < -0.4 is 14.8 Å². The number of nitrogens with one attached hydrogen (secondary N) is 1. The molecule has 3 aromatic rings. The molecule has 0 fully saturated rings. The van der Waals surface area contributed by atoms with Gasteiger partial charge in [-0.1, -0.05) is 65.7 Å². The Morgan fingerprint density at radius 2 is 1.77 bits per heavy atom. The van der Waals surface area contributed by atoms with E-state index in [0.717, 1.165) is 34.2 Å². The summed E-state index contributed by atoms with van der Waals surface area (Å²) >= 11 is 6.60. The van der Waals surface area contributed by atoms with Crippen LogP contribution in [-0.4, -0.2) is 7.11 Å². The number of methoxy groups -OCH3 is 1. The lowest BCUT2D eigenvalue weighted by Gasteiger charge is -2.38. The number of allylic oxidation sites excluding steroid dienone is 2. The molecule has 1 heterocycles. The molecule has 1 N–H and O–H groups in total. The second-order valence-electron chi connectivity index (χ2n) is 8.36. The molecule has 1 aliphatic heterocycles. The molecule has 2 aliphatic rings. The van der Waals surface area contributed by atoms with Crippen LogP contribution in [0, 0.1) is 12.8 Å². The minimum Gasteiger partial charge on any atom is -0.495 e. The van der Waals surface area contributed by atoms with Crippen molar-refractivity contribution in [2.24, 2.45) is 5.92 Å². The average Bonchev–Trinajstić information content (AvgIpc) is 3.29. The molecule has 0 radical (unpaired) electrons. The Kier molecular flexibility index (Phi) is 5.37. The molecule has 3 atom stereocenters. The Morgan fingerprint density at radius 1 is 1.00 bits per heavy atom. The Labute approximate surface area is 188 Å². The van der Waals surface area contributed by atoms with Gasteiger partial charge in [-0.2, -0.15) is 0 Å². The summed E-state index contributed by atoms with van der Waals surface area (Å²) in [6, 6.07) is 21.0. The number of fused-ring (bicyclic) bond motifs is 3. The maximum absolute atomic E-state index is 6.60. The van der Waals surface area contributed by atoms with Crippen LogP contribution in [0.4, 0.5) is 5.69 Å². The van der Waals surface area contributed by atoms with Gasteiger partial charge in [0.15, 0.2) is 0 Å². The molecule has 3 nitrogen and oxygen atoms in total. The van der Waals surface area contributed by atoms with Gasteiger partial charge in [0.1, 0.15) is 18.1 Å². The van der Waals surface area contributed by atoms with E-state index in [-0.39, 0.29) is 6.04 Å². The Bertz CT molecular complexity index is 1110. The molecule has 0 spiro atoms. The van der Waals surface area contributed by atoms with E-state index in [4.69, 9.17) is 21.1 Å². The fraction of sp³-hybridized carbons (Fsp3) is 0.259. The molecule has 0 amide bonds. The minimum absolute atomic E-state index is 0.186. The van der Waals surface area contributed by atoms with E-state index in [2.05, 4.69) is 72.9 Å². The lowest BCUT2D eigenvalue weighted by Crippen LogP contribution is -2.29. The Hall–Kier alpha value is -2.91. The van der Waals surface area contributed by atoms with Gasteiger partial charge in [0.2, 0.25) is 0 Å². The van der Waals surface area contributed by atoms with E-state index < -0.39 is 0 Å². The predicted molar refractivity (Wildman–Crippen MR) is 126 cm³/mol. The highest BCUT2D eigenvalue weighted by Gasteiger charge is 2.40. The second-order valence-corrected chi connectivity index (χ2v) is 8.76. The van der Waals surface area contributed by atoms with E-state index in [9.17, 15) is 0 Å². The molecule has 0 saturated carbocycles. The summed E-state index contributed by atoms with van der Waals surface area (Å²) in [6.07, 6.45) is 5.59. The summed E-state index contributed by atoms with van der Waals surface area (Å²) in [5.41, 5.74) is 5.83.